The highest BCUT2D eigenvalue weighted by Gasteiger charge is 2.05. The molecule has 2 aromatic heterocycles. The number of nitrogens with two attached hydrogens (primary N) is 1. The summed E-state index contributed by atoms with van der Waals surface area (Å²) in [5.74, 6) is 5.37. The molecule has 0 aliphatic carbocycles. The van der Waals surface area contributed by atoms with Crippen molar-refractivity contribution in [1.82, 2.24) is 20.1 Å². The maximum Gasteiger partial charge on any atom is 0.269 e. The second-order valence-corrected chi connectivity index (χ2v) is 3.96. The molecule has 20 heavy (non-hydrogen) atoms. The zero-order valence-electron chi connectivity index (χ0n) is 10.9. The van der Waals surface area contributed by atoms with Crippen LogP contribution in [0.5, 0.6) is 0 Å². The third-order valence-electron chi connectivity index (χ3n) is 2.52. The minimum absolute atomic E-state index is 0.213. The average molecular weight is 269 g/mol. The Bertz CT molecular complexity index is 607. The number of aromatic nitrogens is 3. The Hall–Kier alpha value is -2.65. The second-order valence-electron chi connectivity index (χ2n) is 3.96. The van der Waals surface area contributed by atoms with Crippen LogP contribution in [0.25, 0.3) is 0 Å². The van der Waals surface area contributed by atoms with E-state index in [1.165, 1.54) is 0 Å². The lowest BCUT2D eigenvalue weighted by Crippen LogP contribution is -2.28. The number of pyridine rings is 1. The minimum Gasteiger partial charge on any atom is -0.349 e. The van der Waals surface area contributed by atoms with Crippen molar-refractivity contribution in [2.75, 3.05) is 13.1 Å². The first-order valence-electron chi connectivity index (χ1n) is 6.20. The summed E-state index contributed by atoms with van der Waals surface area (Å²) in [5.41, 5.74) is 6.39. The number of carbonyl (C=O) groups is 1. The first-order valence-corrected chi connectivity index (χ1v) is 6.20. The molecule has 1 amide bonds. The Labute approximate surface area is 117 Å². The lowest BCUT2D eigenvalue weighted by atomic mass is 10.2. The van der Waals surface area contributed by atoms with Gasteiger partial charge in [0.15, 0.2) is 0 Å². The number of nitrogens with zero attached hydrogens (tertiary/aromatic N) is 3. The number of hydrogen-bond donors (Lipinski definition) is 2. The fraction of sp³-hybridized carbons (Fsp3) is 0.214. The van der Waals surface area contributed by atoms with Crippen molar-refractivity contribution in [3.63, 3.8) is 0 Å². The van der Waals surface area contributed by atoms with Crippen molar-refractivity contribution in [3.05, 3.63) is 48.0 Å². The molecule has 102 valence electrons. The van der Waals surface area contributed by atoms with Crippen LogP contribution < -0.4 is 11.1 Å². The van der Waals surface area contributed by atoms with Crippen LogP contribution in [0, 0.1) is 11.8 Å². The summed E-state index contributed by atoms with van der Waals surface area (Å²) >= 11 is 0. The highest BCUT2D eigenvalue weighted by molar-refractivity contribution is 5.92. The van der Waals surface area contributed by atoms with Gasteiger partial charge < -0.3 is 11.1 Å². The van der Waals surface area contributed by atoms with Gasteiger partial charge in [-0.1, -0.05) is 11.8 Å². The van der Waals surface area contributed by atoms with Gasteiger partial charge in [-0.05, 0) is 18.2 Å². The van der Waals surface area contributed by atoms with Crippen molar-refractivity contribution in [2.45, 2.75) is 6.54 Å². The number of nitrogens with one attached hydrogen (secondary N) is 1. The quantitative estimate of drug-likeness (QED) is 0.766. The van der Waals surface area contributed by atoms with Crippen molar-refractivity contribution in [3.8, 4) is 11.8 Å². The Morgan fingerprint density at radius 2 is 2.35 bits per heavy atom. The van der Waals surface area contributed by atoms with Gasteiger partial charge in [-0.2, -0.15) is 5.10 Å². The summed E-state index contributed by atoms with van der Waals surface area (Å²) < 4.78 is 1.75. The Morgan fingerprint density at radius 3 is 3.00 bits per heavy atom. The molecule has 3 N–H and O–H groups in total. The summed E-state index contributed by atoms with van der Waals surface area (Å²) in [6, 6.07) is 5.23. The molecule has 0 aromatic carbocycles. The molecule has 0 bridgehead atoms. The van der Waals surface area contributed by atoms with E-state index in [2.05, 4.69) is 27.2 Å². The molecule has 0 saturated carbocycles. The van der Waals surface area contributed by atoms with Crippen LogP contribution in [-0.2, 0) is 6.54 Å². The molecule has 6 nitrogen and oxygen atoms in total. The first kappa shape index (κ1) is 13.8. The van der Waals surface area contributed by atoms with E-state index >= 15 is 0 Å². The smallest absolute Gasteiger partial charge is 0.269 e. The number of amides is 1. The van der Waals surface area contributed by atoms with E-state index in [0.29, 0.717) is 25.3 Å². The van der Waals surface area contributed by atoms with E-state index in [1.807, 2.05) is 12.3 Å². The van der Waals surface area contributed by atoms with E-state index in [-0.39, 0.29) is 5.91 Å². The van der Waals surface area contributed by atoms with Gasteiger partial charge in [-0.25, -0.2) is 4.98 Å². The molecule has 0 saturated heterocycles. The van der Waals surface area contributed by atoms with Crippen LogP contribution in [-0.4, -0.2) is 33.8 Å². The van der Waals surface area contributed by atoms with E-state index in [9.17, 15) is 4.79 Å². The minimum atomic E-state index is -0.213. The lowest BCUT2D eigenvalue weighted by molar-refractivity contribution is 0.0947. The van der Waals surface area contributed by atoms with E-state index in [0.717, 1.165) is 5.56 Å². The molecule has 0 atom stereocenters. The number of hydrogen-bond acceptors (Lipinski definition) is 4. The predicted molar refractivity (Wildman–Crippen MR) is 74.7 cm³/mol. The van der Waals surface area contributed by atoms with Crippen molar-refractivity contribution in [1.29, 1.82) is 0 Å². The highest BCUT2D eigenvalue weighted by atomic mass is 16.1. The molecule has 2 rings (SSSR count). The van der Waals surface area contributed by atoms with Crippen LogP contribution in [0.15, 0.2) is 36.8 Å². The molecule has 0 unspecified atom stereocenters. The van der Waals surface area contributed by atoms with Gasteiger partial charge in [0.05, 0.1) is 13.1 Å². The summed E-state index contributed by atoms with van der Waals surface area (Å²) in [5, 5.41) is 6.83. The number of carbonyl (C=O) groups excluding carboxylic acids is 1. The van der Waals surface area contributed by atoms with Crippen molar-refractivity contribution in [2.24, 2.45) is 5.73 Å². The largest absolute Gasteiger partial charge is 0.349 e. The highest BCUT2D eigenvalue weighted by Crippen LogP contribution is 1.98. The third kappa shape index (κ3) is 3.93. The second kappa shape index (κ2) is 7.07. The van der Waals surface area contributed by atoms with Crippen molar-refractivity contribution >= 4 is 5.91 Å². The first-order chi connectivity index (χ1) is 9.79. The maximum atomic E-state index is 11.8. The monoisotopic (exact) mass is 269 g/mol. The van der Waals surface area contributed by atoms with Gasteiger partial charge in [0.1, 0.15) is 5.69 Å². The average Bonchev–Trinajstić information content (AvgIpc) is 2.99. The van der Waals surface area contributed by atoms with Crippen LogP contribution >= 0.6 is 0 Å². The van der Waals surface area contributed by atoms with Crippen LogP contribution in [0.4, 0.5) is 0 Å². The van der Waals surface area contributed by atoms with Gasteiger partial charge in [0.2, 0.25) is 0 Å². The van der Waals surface area contributed by atoms with Gasteiger partial charge >= 0.3 is 0 Å². The fourth-order valence-electron chi connectivity index (χ4n) is 1.56. The molecular weight excluding hydrogens is 254 g/mol. The molecule has 0 spiro atoms. The Kier molecular flexibility index (Phi) is 4.87. The van der Waals surface area contributed by atoms with Crippen LogP contribution in [0.1, 0.15) is 16.1 Å². The summed E-state index contributed by atoms with van der Waals surface area (Å²) in [6.07, 6.45) is 5.10. The Morgan fingerprint density at radius 1 is 1.45 bits per heavy atom. The molecule has 2 aromatic rings. The van der Waals surface area contributed by atoms with Crippen molar-refractivity contribution < 1.29 is 4.79 Å². The van der Waals surface area contributed by atoms with Crippen LogP contribution in [0.2, 0.25) is 0 Å². The molecule has 6 heteroatoms. The number of rotatable bonds is 4. The lowest BCUT2D eigenvalue weighted by Gasteiger charge is -2.04. The molecule has 0 fully saturated rings. The molecule has 0 radical (unpaired) electrons. The molecule has 0 aliphatic heterocycles. The van der Waals surface area contributed by atoms with E-state index < -0.39 is 0 Å². The van der Waals surface area contributed by atoms with E-state index in [1.54, 1.807) is 29.2 Å². The Balaban J connectivity index is 1.85. The maximum absolute atomic E-state index is 11.8. The predicted octanol–water partition coefficient (Wildman–Crippen LogP) is 0.0183. The van der Waals surface area contributed by atoms with Gasteiger partial charge in [0.25, 0.3) is 5.91 Å². The zero-order valence-corrected chi connectivity index (χ0v) is 10.9. The standard InChI is InChI=1S/C14H15N5O/c15-6-1-3-12-4-5-13(17-11-12)14(20)16-8-10-19-9-2-7-18-19/h2,4-5,7,9,11H,6,8,10,15H2,(H,16,20). The fourth-order valence-corrected chi connectivity index (χ4v) is 1.56. The van der Waals surface area contributed by atoms with E-state index in [4.69, 9.17) is 5.73 Å². The van der Waals surface area contributed by atoms with Gasteiger partial charge in [-0.3, -0.25) is 9.48 Å². The molecular formula is C14H15N5O. The topological polar surface area (TPSA) is 85.8 Å². The third-order valence-corrected chi connectivity index (χ3v) is 2.52. The molecule has 2 heterocycles. The summed E-state index contributed by atoms with van der Waals surface area (Å²) in [6.45, 7) is 1.42. The zero-order chi connectivity index (χ0) is 14.2. The summed E-state index contributed by atoms with van der Waals surface area (Å²) in [7, 11) is 0. The van der Waals surface area contributed by atoms with Gasteiger partial charge in [0, 0.05) is 30.7 Å². The van der Waals surface area contributed by atoms with Crippen LogP contribution in [0.3, 0.4) is 0 Å². The van der Waals surface area contributed by atoms with Gasteiger partial charge in [-0.15, -0.1) is 0 Å². The summed E-state index contributed by atoms with van der Waals surface area (Å²) in [4.78, 5) is 15.9. The normalized spacial score (nSPS) is 9.65. The SMILES string of the molecule is NCC#Cc1ccc(C(=O)NCCn2cccn2)nc1. The molecule has 0 aliphatic rings.